The molecule has 4 aliphatic rings. The first-order valence-corrected chi connectivity index (χ1v) is 12.2. The molecule has 184 valence electrons. The number of anilines is 1. The molecule has 9 heteroatoms. The Labute approximate surface area is 207 Å². The minimum Gasteiger partial charge on any atom is -0.376 e. The number of amides is 2. The van der Waals surface area contributed by atoms with Crippen molar-refractivity contribution in [1.29, 1.82) is 0 Å². The van der Waals surface area contributed by atoms with Crippen molar-refractivity contribution in [1.82, 2.24) is 4.90 Å². The second kappa shape index (κ2) is 8.37. The molecule has 6 rings (SSSR count). The molecule has 0 N–H and O–H groups in total. The zero-order valence-corrected chi connectivity index (χ0v) is 19.7. The van der Waals surface area contributed by atoms with E-state index in [0.717, 1.165) is 29.7 Å². The third kappa shape index (κ3) is 3.30. The summed E-state index contributed by atoms with van der Waals surface area (Å²) in [6.45, 7) is 2.76. The zero-order valence-electron chi connectivity index (χ0n) is 19.7. The second-order valence-corrected chi connectivity index (χ2v) is 9.85. The van der Waals surface area contributed by atoms with Gasteiger partial charge in [0, 0.05) is 35.6 Å². The summed E-state index contributed by atoms with van der Waals surface area (Å²) in [4.78, 5) is 55.5. The molecule has 0 radical (unpaired) electrons. The molecular weight excluding hydrogens is 462 g/mol. The highest BCUT2D eigenvalue weighted by Gasteiger charge is 2.64. The van der Waals surface area contributed by atoms with Crippen molar-refractivity contribution in [2.75, 3.05) is 18.1 Å². The summed E-state index contributed by atoms with van der Waals surface area (Å²) in [6, 6.07) is 11.8. The van der Waals surface area contributed by atoms with Crippen molar-refractivity contribution in [2.24, 2.45) is 11.8 Å². The molecule has 0 saturated carbocycles. The van der Waals surface area contributed by atoms with E-state index in [4.69, 9.17) is 4.74 Å². The first kappa shape index (κ1) is 22.6. The molecule has 9 nitrogen and oxygen atoms in total. The number of imide groups is 1. The molecule has 2 aromatic carbocycles. The number of ketones is 1. The molecule has 2 aromatic rings. The van der Waals surface area contributed by atoms with E-state index in [1.807, 2.05) is 42.2 Å². The van der Waals surface area contributed by atoms with Gasteiger partial charge in [-0.25, -0.2) is 0 Å². The summed E-state index contributed by atoms with van der Waals surface area (Å²) >= 11 is 0. The quantitative estimate of drug-likeness (QED) is 0.276. The van der Waals surface area contributed by atoms with E-state index in [1.54, 1.807) is 0 Å². The van der Waals surface area contributed by atoms with E-state index in [9.17, 15) is 24.5 Å². The van der Waals surface area contributed by atoms with Crippen LogP contribution in [0.2, 0.25) is 0 Å². The fraction of sp³-hybridized carbons (Fsp3) is 0.370. The zero-order chi connectivity index (χ0) is 25.1. The van der Waals surface area contributed by atoms with E-state index in [0.29, 0.717) is 6.61 Å². The lowest BCUT2D eigenvalue weighted by Gasteiger charge is -2.38. The largest absolute Gasteiger partial charge is 0.376 e. The number of para-hydroxylation sites is 1. The van der Waals surface area contributed by atoms with Gasteiger partial charge >= 0.3 is 0 Å². The maximum absolute atomic E-state index is 14.0. The normalized spacial score (nSPS) is 28.6. The molecule has 3 fully saturated rings. The number of hydrogen-bond donors (Lipinski definition) is 0. The maximum atomic E-state index is 14.0. The van der Waals surface area contributed by atoms with Crippen LogP contribution in [0, 0.1) is 22.0 Å². The third-order valence-electron chi connectivity index (χ3n) is 7.87. The number of hydrogen-bond acceptors (Lipinski definition) is 7. The minimum atomic E-state index is -0.960. The molecule has 4 heterocycles. The van der Waals surface area contributed by atoms with Crippen LogP contribution in [0.5, 0.6) is 0 Å². The van der Waals surface area contributed by atoms with Crippen molar-refractivity contribution >= 4 is 34.5 Å². The Hall–Kier alpha value is -3.85. The lowest BCUT2D eigenvalue weighted by molar-refractivity contribution is -0.384. The van der Waals surface area contributed by atoms with Gasteiger partial charge in [0.25, 0.3) is 5.69 Å². The number of carbonyl (C=O) groups is 3. The van der Waals surface area contributed by atoms with Crippen molar-refractivity contribution in [3.63, 3.8) is 0 Å². The van der Waals surface area contributed by atoms with Gasteiger partial charge < -0.3 is 9.64 Å². The first-order valence-electron chi connectivity index (χ1n) is 12.2. The number of rotatable bonds is 5. The van der Waals surface area contributed by atoms with E-state index >= 15 is 0 Å². The Morgan fingerprint density at radius 3 is 2.64 bits per heavy atom. The highest BCUT2D eigenvalue weighted by Crippen LogP contribution is 2.50. The number of carbonyl (C=O) groups excluding carboxylic acids is 3. The number of nitro groups is 1. The van der Waals surface area contributed by atoms with E-state index in [-0.39, 0.29) is 35.7 Å². The average Bonchev–Trinajstić information content (AvgIpc) is 3.57. The molecule has 0 bridgehead atoms. The molecule has 5 atom stereocenters. The number of ether oxygens (including phenoxy) is 1. The van der Waals surface area contributed by atoms with E-state index in [2.05, 4.69) is 0 Å². The Bertz CT molecular complexity index is 1330. The van der Waals surface area contributed by atoms with Gasteiger partial charge in [-0.15, -0.1) is 0 Å². The van der Waals surface area contributed by atoms with Crippen LogP contribution >= 0.6 is 0 Å². The molecule has 0 spiro atoms. The first-order chi connectivity index (χ1) is 17.4. The number of allylic oxidation sites excluding steroid dienone is 1. The van der Waals surface area contributed by atoms with Crippen LogP contribution in [0.15, 0.2) is 54.6 Å². The van der Waals surface area contributed by atoms with Crippen molar-refractivity contribution in [3.05, 3.63) is 75.8 Å². The van der Waals surface area contributed by atoms with Crippen molar-refractivity contribution in [2.45, 2.75) is 38.0 Å². The van der Waals surface area contributed by atoms with Crippen LogP contribution in [-0.4, -0.2) is 58.8 Å². The van der Waals surface area contributed by atoms with Crippen LogP contribution < -0.4 is 4.90 Å². The van der Waals surface area contributed by atoms with Crippen molar-refractivity contribution < 1.29 is 24.0 Å². The lowest BCUT2D eigenvalue weighted by Crippen LogP contribution is -2.49. The summed E-state index contributed by atoms with van der Waals surface area (Å²) in [7, 11) is 0. The Morgan fingerprint density at radius 1 is 1.11 bits per heavy atom. The van der Waals surface area contributed by atoms with Crippen molar-refractivity contribution in [3.8, 4) is 0 Å². The molecule has 4 aliphatic heterocycles. The average molecular weight is 488 g/mol. The standard InChI is InChI=1S/C27H25N3O6/c1-15-12-21-22-23(27(33)28(26(22)32)14-18-8-5-11-36-18)24(29(21)20-10-3-2-9-19(15)20)25(31)16-6-4-7-17(13-16)30(34)35/h2-4,6-7,9-10,12-13,18,21-24H,5,8,11,14H2,1H3/t18-,21-,22-,23-,24+/m0/s1. The third-order valence-corrected chi connectivity index (χ3v) is 7.87. The monoisotopic (exact) mass is 487 g/mol. The van der Waals surface area contributed by atoms with Crippen LogP contribution in [0.3, 0.4) is 0 Å². The summed E-state index contributed by atoms with van der Waals surface area (Å²) in [5.74, 6) is -2.66. The molecule has 36 heavy (non-hydrogen) atoms. The summed E-state index contributed by atoms with van der Waals surface area (Å²) in [5.41, 5.74) is 2.64. The van der Waals surface area contributed by atoms with Crippen LogP contribution in [0.4, 0.5) is 11.4 Å². The number of nitro benzene ring substituents is 1. The Morgan fingerprint density at radius 2 is 1.89 bits per heavy atom. The van der Waals surface area contributed by atoms with Gasteiger partial charge in [-0.05, 0) is 31.4 Å². The van der Waals surface area contributed by atoms with Gasteiger partial charge in [-0.1, -0.05) is 36.4 Å². The molecule has 0 aliphatic carbocycles. The second-order valence-electron chi connectivity index (χ2n) is 9.85. The molecule has 0 aromatic heterocycles. The van der Waals surface area contributed by atoms with Gasteiger partial charge in [0.05, 0.1) is 35.4 Å². The molecule has 3 saturated heterocycles. The lowest BCUT2D eigenvalue weighted by atomic mass is 9.85. The minimum absolute atomic E-state index is 0.148. The number of likely N-dealkylation sites (tertiary alicyclic amines) is 1. The smallest absolute Gasteiger partial charge is 0.270 e. The SMILES string of the molecule is CC1=C[C@H]2[C@@H]3C(=O)N(C[C@@H]4CCCO4)C(=O)[C@@H]3[C@H](C(=O)c3cccc([N+](=O)[O-])c3)N2c2ccccc21. The van der Waals surface area contributed by atoms with Gasteiger partial charge in [0.1, 0.15) is 6.04 Å². The number of fused-ring (bicyclic) bond motifs is 5. The maximum Gasteiger partial charge on any atom is 0.270 e. The fourth-order valence-electron chi connectivity index (χ4n) is 6.27. The topological polar surface area (TPSA) is 110 Å². The van der Waals surface area contributed by atoms with Gasteiger partial charge in [0.15, 0.2) is 5.78 Å². The number of nitrogens with zero attached hydrogens (tertiary/aromatic N) is 3. The van der Waals surface area contributed by atoms with Crippen LogP contribution in [0.1, 0.15) is 35.7 Å². The van der Waals surface area contributed by atoms with E-state index < -0.39 is 34.6 Å². The molecule has 0 unspecified atom stereocenters. The Balaban J connectivity index is 1.46. The van der Waals surface area contributed by atoms with Gasteiger partial charge in [-0.3, -0.25) is 29.4 Å². The predicted octanol–water partition coefficient (Wildman–Crippen LogP) is 3.23. The molecule has 2 amide bonds. The summed E-state index contributed by atoms with van der Waals surface area (Å²) in [6.07, 6.45) is 3.45. The number of benzene rings is 2. The van der Waals surface area contributed by atoms with Crippen LogP contribution in [-0.2, 0) is 14.3 Å². The summed E-state index contributed by atoms with van der Waals surface area (Å²) in [5, 5.41) is 11.4. The Kier molecular flexibility index (Phi) is 5.26. The van der Waals surface area contributed by atoms with Gasteiger partial charge in [-0.2, -0.15) is 0 Å². The number of non-ortho nitro benzene ring substituents is 1. The number of Topliss-reactive ketones (excluding diaryl/α,β-unsaturated/α-hetero) is 1. The highest BCUT2D eigenvalue weighted by atomic mass is 16.6. The molecular formula is C27H25N3O6. The fourth-order valence-corrected chi connectivity index (χ4v) is 6.27. The predicted molar refractivity (Wildman–Crippen MR) is 130 cm³/mol. The van der Waals surface area contributed by atoms with E-state index in [1.165, 1.54) is 29.2 Å². The van der Waals surface area contributed by atoms with Gasteiger partial charge in [0.2, 0.25) is 11.8 Å². The summed E-state index contributed by atoms with van der Waals surface area (Å²) < 4.78 is 5.68. The van der Waals surface area contributed by atoms with Crippen LogP contribution in [0.25, 0.3) is 5.57 Å². The highest BCUT2D eigenvalue weighted by molar-refractivity contribution is 6.14.